The lowest BCUT2D eigenvalue weighted by molar-refractivity contribution is -0.130. The van der Waals surface area contributed by atoms with Crippen LogP contribution in [0.4, 0.5) is 10.5 Å². The Morgan fingerprint density at radius 2 is 1.89 bits per heavy atom. The van der Waals surface area contributed by atoms with Crippen molar-refractivity contribution in [1.82, 2.24) is 10.2 Å². The van der Waals surface area contributed by atoms with Crippen LogP contribution in [0.1, 0.15) is 5.56 Å². The van der Waals surface area contributed by atoms with E-state index >= 15 is 0 Å². The maximum Gasteiger partial charge on any atom is 0.325 e. The summed E-state index contributed by atoms with van der Waals surface area (Å²) in [5.41, 5.74) is 1.43. The number of ether oxygens (including phenoxy) is 2. The van der Waals surface area contributed by atoms with Gasteiger partial charge in [-0.1, -0.05) is 30.3 Å². The molecule has 0 bridgehead atoms. The SMILES string of the molecule is O=C(CN1C(=O)N[C@H](Cc2ccccc2)C1=O)Nc1ccc2c(c1)OCO2. The molecule has 0 radical (unpaired) electrons. The second-order valence-corrected chi connectivity index (χ2v) is 6.23. The second kappa shape index (κ2) is 6.99. The molecule has 8 heteroatoms. The smallest absolute Gasteiger partial charge is 0.325 e. The van der Waals surface area contributed by atoms with E-state index in [1.807, 2.05) is 30.3 Å². The molecule has 1 fully saturated rings. The van der Waals surface area contributed by atoms with Gasteiger partial charge >= 0.3 is 6.03 Å². The van der Waals surface area contributed by atoms with Crippen LogP contribution >= 0.6 is 0 Å². The molecule has 2 N–H and O–H groups in total. The highest BCUT2D eigenvalue weighted by Gasteiger charge is 2.38. The topological polar surface area (TPSA) is 97.0 Å². The van der Waals surface area contributed by atoms with Crippen molar-refractivity contribution in [2.45, 2.75) is 12.5 Å². The van der Waals surface area contributed by atoms with E-state index in [0.717, 1.165) is 10.5 Å². The van der Waals surface area contributed by atoms with E-state index in [2.05, 4.69) is 10.6 Å². The molecule has 1 saturated heterocycles. The number of anilines is 1. The third-order valence-corrected chi connectivity index (χ3v) is 4.35. The van der Waals surface area contributed by atoms with Crippen LogP contribution in [0.2, 0.25) is 0 Å². The summed E-state index contributed by atoms with van der Waals surface area (Å²) < 4.78 is 10.5. The Morgan fingerprint density at radius 3 is 2.70 bits per heavy atom. The third kappa shape index (κ3) is 3.55. The molecular weight excluding hydrogens is 350 g/mol. The molecule has 0 saturated carbocycles. The van der Waals surface area contributed by atoms with E-state index in [-0.39, 0.29) is 13.3 Å². The molecule has 4 amide bonds. The largest absolute Gasteiger partial charge is 0.454 e. The molecule has 0 unspecified atom stereocenters. The fourth-order valence-corrected chi connectivity index (χ4v) is 3.03. The molecule has 2 heterocycles. The standard InChI is InChI=1S/C19H17N3O5/c23-17(20-13-6-7-15-16(9-13)27-11-26-15)10-22-18(24)14(21-19(22)25)8-12-4-2-1-3-5-12/h1-7,9,14H,8,10-11H2,(H,20,23)(H,21,25)/t14-/m1/s1. The van der Waals surface area contributed by atoms with Crippen molar-refractivity contribution in [1.29, 1.82) is 0 Å². The molecule has 1 atom stereocenters. The highest BCUT2D eigenvalue weighted by Crippen LogP contribution is 2.34. The lowest BCUT2D eigenvalue weighted by atomic mass is 10.1. The van der Waals surface area contributed by atoms with Gasteiger partial charge in [-0.3, -0.25) is 14.5 Å². The van der Waals surface area contributed by atoms with Crippen molar-refractivity contribution >= 4 is 23.5 Å². The Bertz CT molecular complexity index is 899. The number of fused-ring (bicyclic) bond motifs is 1. The van der Waals surface area contributed by atoms with Crippen LogP contribution in [-0.2, 0) is 16.0 Å². The van der Waals surface area contributed by atoms with E-state index in [9.17, 15) is 14.4 Å². The number of carbonyl (C=O) groups excluding carboxylic acids is 3. The highest BCUT2D eigenvalue weighted by atomic mass is 16.7. The normalized spacial score (nSPS) is 17.8. The van der Waals surface area contributed by atoms with Crippen LogP contribution in [0, 0.1) is 0 Å². The van der Waals surface area contributed by atoms with Crippen molar-refractivity contribution < 1.29 is 23.9 Å². The number of amides is 4. The highest BCUT2D eigenvalue weighted by molar-refractivity contribution is 6.08. The zero-order valence-corrected chi connectivity index (χ0v) is 14.3. The van der Waals surface area contributed by atoms with Crippen LogP contribution in [0.5, 0.6) is 11.5 Å². The quantitative estimate of drug-likeness (QED) is 0.781. The number of nitrogens with one attached hydrogen (secondary N) is 2. The number of nitrogens with zero attached hydrogens (tertiary/aromatic N) is 1. The van der Waals surface area contributed by atoms with Gasteiger partial charge in [-0.05, 0) is 17.7 Å². The average molecular weight is 367 g/mol. The predicted molar refractivity (Wildman–Crippen MR) is 95.4 cm³/mol. The Morgan fingerprint density at radius 1 is 1.11 bits per heavy atom. The monoisotopic (exact) mass is 367 g/mol. The van der Waals surface area contributed by atoms with Gasteiger partial charge in [0, 0.05) is 18.2 Å². The maximum atomic E-state index is 12.5. The fourth-order valence-electron chi connectivity index (χ4n) is 3.03. The van der Waals surface area contributed by atoms with E-state index in [4.69, 9.17) is 9.47 Å². The number of rotatable bonds is 5. The summed E-state index contributed by atoms with van der Waals surface area (Å²) in [5, 5.41) is 5.28. The summed E-state index contributed by atoms with van der Waals surface area (Å²) in [6, 6.07) is 13.1. The molecule has 138 valence electrons. The zero-order valence-electron chi connectivity index (χ0n) is 14.3. The lowest BCUT2D eigenvalue weighted by Crippen LogP contribution is -2.38. The van der Waals surface area contributed by atoms with Crippen molar-refractivity contribution in [3.05, 3.63) is 54.1 Å². The summed E-state index contributed by atoms with van der Waals surface area (Å²) >= 11 is 0. The minimum Gasteiger partial charge on any atom is -0.454 e. The van der Waals surface area contributed by atoms with Crippen LogP contribution in [0.25, 0.3) is 0 Å². The molecule has 2 aromatic carbocycles. The van der Waals surface area contributed by atoms with Crippen molar-refractivity contribution in [2.75, 3.05) is 18.7 Å². The van der Waals surface area contributed by atoms with Crippen molar-refractivity contribution in [3.8, 4) is 11.5 Å². The number of urea groups is 1. The lowest BCUT2D eigenvalue weighted by Gasteiger charge is -2.13. The molecular formula is C19H17N3O5. The predicted octanol–water partition coefficient (Wildman–Crippen LogP) is 1.52. The molecule has 0 aromatic heterocycles. The second-order valence-electron chi connectivity index (χ2n) is 6.23. The summed E-state index contributed by atoms with van der Waals surface area (Å²) in [6.45, 7) is -0.220. The number of carbonyl (C=O) groups is 3. The maximum absolute atomic E-state index is 12.5. The first-order valence-corrected chi connectivity index (χ1v) is 8.45. The molecule has 8 nitrogen and oxygen atoms in total. The van der Waals surface area contributed by atoms with Gasteiger partial charge < -0.3 is 20.1 Å². The minimum absolute atomic E-state index is 0.137. The number of imide groups is 1. The number of hydrogen-bond acceptors (Lipinski definition) is 5. The summed E-state index contributed by atoms with van der Waals surface area (Å²) in [6.07, 6.45) is 0.381. The van der Waals surface area contributed by atoms with Gasteiger partial charge in [-0.25, -0.2) is 4.79 Å². The van der Waals surface area contributed by atoms with Gasteiger partial charge in [-0.15, -0.1) is 0 Å². The molecule has 2 aliphatic heterocycles. The fraction of sp³-hybridized carbons (Fsp3) is 0.211. The van der Waals surface area contributed by atoms with E-state index in [0.29, 0.717) is 23.6 Å². The van der Waals surface area contributed by atoms with Gasteiger partial charge in [-0.2, -0.15) is 0 Å². The minimum atomic E-state index is -0.668. The molecule has 0 spiro atoms. The number of hydrogen-bond donors (Lipinski definition) is 2. The molecule has 2 aliphatic rings. The first-order valence-electron chi connectivity index (χ1n) is 8.45. The number of benzene rings is 2. The van der Waals surface area contributed by atoms with E-state index in [1.165, 1.54) is 0 Å². The van der Waals surface area contributed by atoms with Gasteiger partial charge in [0.1, 0.15) is 12.6 Å². The molecule has 2 aromatic rings. The van der Waals surface area contributed by atoms with Crippen LogP contribution in [0.15, 0.2) is 48.5 Å². The van der Waals surface area contributed by atoms with Gasteiger partial charge in [0.15, 0.2) is 11.5 Å². The van der Waals surface area contributed by atoms with Gasteiger partial charge in [0.25, 0.3) is 5.91 Å². The Hall–Kier alpha value is -3.55. The zero-order chi connectivity index (χ0) is 18.8. The van der Waals surface area contributed by atoms with E-state index < -0.39 is 23.9 Å². The molecule has 0 aliphatic carbocycles. The van der Waals surface area contributed by atoms with Gasteiger partial charge in [0.2, 0.25) is 12.7 Å². The first kappa shape index (κ1) is 16.9. The third-order valence-electron chi connectivity index (χ3n) is 4.35. The summed E-state index contributed by atoms with van der Waals surface area (Å²) in [5.74, 6) is 0.249. The van der Waals surface area contributed by atoms with E-state index in [1.54, 1.807) is 18.2 Å². The Balaban J connectivity index is 1.37. The Labute approximate surface area is 155 Å². The van der Waals surface area contributed by atoms with Crippen molar-refractivity contribution in [2.24, 2.45) is 0 Å². The summed E-state index contributed by atoms with van der Waals surface area (Å²) in [4.78, 5) is 37.8. The van der Waals surface area contributed by atoms with Crippen molar-refractivity contribution in [3.63, 3.8) is 0 Å². The van der Waals surface area contributed by atoms with Crippen LogP contribution in [-0.4, -0.2) is 42.1 Å². The van der Waals surface area contributed by atoms with Crippen LogP contribution in [0.3, 0.4) is 0 Å². The molecule has 4 rings (SSSR count). The van der Waals surface area contributed by atoms with Gasteiger partial charge in [0.05, 0.1) is 0 Å². The molecule has 27 heavy (non-hydrogen) atoms. The summed E-state index contributed by atoms with van der Waals surface area (Å²) in [7, 11) is 0. The average Bonchev–Trinajstić information content (AvgIpc) is 3.22. The van der Waals surface area contributed by atoms with Crippen LogP contribution < -0.4 is 20.1 Å². The first-order chi connectivity index (χ1) is 13.1. The Kier molecular flexibility index (Phi) is 4.37.